The molecule has 2 aliphatic heterocycles. The molecule has 0 radical (unpaired) electrons. The second kappa shape index (κ2) is 16.7. The molecule has 4 aliphatic rings. The van der Waals surface area contributed by atoms with Crippen LogP contribution in [0.5, 0.6) is 11.6 Å². The van der Waals surface area contributed by atoms with Gasteiger partial charge in [0.15, 0.2) is 0 Å². The summed E-state index contributed by atoms with van der Waals surface area (Å²) in [6.45, 7) is 6.63. The van der Waals surface area contributed by atoms with Gasteiger partial charge in [0.2, 0.25) is 27.7 Å². The maximum Gasteiger partial charge on any atom is 0.408 e. The number of nitrogens with one attached hydrogen (secondary N) is 3. The van der Waals surface area contributed by atoms with Crippen LogP contribution < -0.4 is 24.8 Å². The summed E-state index contributed by atoms with van der Waals surface area (Å²) in [6.07, 6.45) is 7.57. The fourth-order valence-electron chi connectivity index (χ4n) is 7.25. The molecule has 57 heavy (non-hydrogen) atoms. The number of hydrogen-bond acceptors (Lipinski definition) is 12. The topological polar surface area (TPSA) is 209 Å². The Labute approximate surface area is 332 Å². The molecule has 1 aromatic carbocycles. The van der Waals surface area contributed by atoms with E-state index in [2.05, 4.69) is 20.3 Å². The molecule has 4 amide bonds. The van der Waals surface area contributed by atoms with E-state index >= 15 is 0 Å². The summed E-state index contributed by atoms with van der Waals surface area (Å²) in [6, 6.07) is 4.74. The molecule has 3 N–H and O–H groups in total. The molecule has 2 aromatic rings. The van der Waals surface area contributed by atoms with Gasteiger partial charge in [0.05, 0.1) is 18.9 Å². The lowest BCUT2D eigenvalue weighted by molar-refractivity contribution is -0.144. The number of amides is 4. The molecule has 3 fully saturated rings. The van der Waals surface area contributed by atoms with Crippen LogP contribution in [0.4, 0.5) is 4.79 Å². The number of esters is 1. The van der Waals surface area contributed by atoms with Gasteiger partial charge in [-0.25, -0.2) is 23.0 Å². The van der Waals surface area contributed by atoms with Crippen molar-refractivity contribution in [2.45, 2.75) is 120 Å². The lowest BCUT2D eigenvalue weighted by Crippen LogP contribution is -2.58. The first kappa shape index (κ1) is 41.4. The van der Waals surface area contributed by atoms with E-state index < -0.39 is 86.4 Å². The molecule has 1 unspecified atom stereocenters. The van der Waals surface area contributed by atoms with Crippen molar-refractivity contribution in [3.63, 3.8) is 0 Å². The molecule has 2 saturated carbocycles. The number of allylic oxidation sites excluding steroid dienone is 2. The number of alkyl carbamates (subject to hydrolysis) is 1. The number of rotatable bonds is 9. The number of pyridine rings is 1. The average Bonchev–Trinajstić information content (AvgIpc) is 4.07. The summed E-state index contributed by atoms with van der Waals surface area (Å²) < 4.78 is 51.0. The van der Waals surface area contributed by atoms with E-state index in [0.29, 0.717) is 36.8 Å². The maximum absolute atomic E-state index is 14.7. The van der Waals surface area contributed by atoms with Crippen molar-refractivity contribution in [3.05, 3.63) is 54.8 Å². The Hall–Kier alpha value is -5.19. The highest BCUT2D eigenvalue weighted by atomic mass is 32.2. The van der Waals surface area contributed by atoms with E-state index in [-0.39, 0.29) is 38.1 Å². The summed E-state index contributed by atoms with van der Waals surface area (Å²) >= 11 is 0. The van der Waals surface area contributed by atoms with E-state index in [1.807, 2.05) is 6.07 Å². The monoisotopic (exact) mass is 809 g/mol. The van der Waals surface area contributed by atoms with Crippen molar-refractivity contribution in [3.8, 4) is 11.6 Å². The predicted octanol–water partition coefficient (Wildman–Crippen LogP) is 3.59. The van der Waals surface area contributed by atoms with E-state index in [1.54, 1.807) is 77.4 Å². The Bertz CT molecular complexity index is 2060. The molecule has 0 bridgehead atoms. The van der Waals surface area contributed by atoms with Crippen LogP contribution >= 0.6 is 0 Å². The lowest BCUT2D eigenvalue weighted by Gasteiger charge is -2.31. The number of carbonyl (C=O) groups excluding carboxylic acids is 5. The van der Waals surface area contributed by atoms with Crippen molar-refractivity contribution in [2.24, 2.45) is 5.92 Å². The summed E-state index contributed by atoms with van der Waals surface area (Å²) in [7, 11) is -2.40. The van der Waals surface area contributed by atoms with Crippen LogP contribution in [-0.4, -0.2) is 102 Å². The van der Waals surface area contributed by atoms with Crippen molar-refractivity contribution in [1.29, 1.82) is 0 Å². The van der Waals surface area contributed by atoms with Crippen molar-refractivity contribution in [2.75, 3.05) is 13.7 Å². The Morgan fingerprint density at radius 1 is 1.05 bits per heavy atom. The van der Waals surface area contributed by atoms with Gasteiger partial charge in [0, 0.05) is 30.0 Å². The smallest absolute Gasteiger partial charge is 0.408 e. The highest BCUT2D eigenvalue weighted by molar-refractivity contribution is 7.91. The Balaban J connectivity index is 1.35. The maximum atomic E-state index is 14.7. The Morgan fingerprint density at radius 2 is 1.82 bits per heavy atom. The number of ether oxygens (including phenoxy) is 4. The zero-order valence-electron chi connectivity index (χ0n) is 32.8. The summed E-state index contributed by atoms with van der Waals surface area (Å²) in [5, 5.41) is 6.30. The first-order valence-electron chi connectivity index (χ1n) is 19.3. The third-order valence-electron chi connectivity index (χ3n) is 10.4. The standard InChI is InChI=1S/C40H51N5O11S/c1-6-9-33(46)54-26-11-8-7-10-25-22-40(25,37(49)44-57(51,52)29-14-15-29)43-34(47)32-21-28(55-35-30-16-12-27(53-5)20-24(30)18-19-41-35)23-45(32)36(48)31(17-13-26)42-38(50)56-39(2,3)4/h6-7,9-10,12,16,18-20,25-26,28-29,31-32H,8,11,13-15,17,21-23H2,1-5H3,(H,42,50)(H,43,47)(H,44,49)/b9-6+,10-7-/t25-,26?,28+,31-,32-,40+/m0/s1. The average molecular weight is 810 g/mol. The first-order valence-corrected chi connectivity index (χ1v) is 20.8. The van der Waals surface area contributed by atoms with Gasteiger partial charge in [-0.15, -0.1) is 0 Å². The molecule has 16 nitrogen and oxygen atoms in total. The minimum atomic E-state index is -3.96. The zero-order chi connectivity index (χ0) is 41.1. The second-order valence-corrected chi connectivity index (χ2v) is 17.9. The fraction of sp³-hybridized carbons (Fsp3) is 0.550. The summed E-state index contributed by atoms with van der Waals surface area (Å²) in [5.74, 6) is -2.41. The molecule has 6 atom stereocenters. The van der Waals surface area contributed by atoms with Crippen molar-refractivity contribution < 1.29 is 51.3 Å². The Kier molecular flexibility index (Phi) is 12.2. The molecule has 3 heterocycles. The highest BCUT2D eigenvalue weighted by Gasteiger charge is 2.62. The van der Waals surface area contributed by atoms with Gasteiger partial charge < -0.3 is 34.5 Å². The van der Waals surface area contributed by atoms with Crippen LogP contribution in [0.3, 0.4) is 0 Å². The Morgan fingerprint density at radius 3 is 2.53 bits per heavy atom. The highest BCUT2D eigenvalue weighted by Crippen LogP contribution is 2.46. The van der Waals surface area contributed by atoms with Crippen LogP contribution in [0.2, 0.25) is 0 Å². The molecule has 1 saturated heterocycles. The molecular weight excluding hydrogens is 759 g/mol. The van der Waals surface area contributed by atoms with E-state index in [0.717, 1.165) is 5.39 Å². The van der Waals surface area contributed by atoms with Crippen molar-refractivity contribution in [1.82, 2.24) is 25.2 Å². The minimum absolute atomic E-state index is 0.0205. The molecule has 6 rings (SSSR count). The van der Waals surface area contributed by atoms with Gasteiger partial charge >= 0.3 is 12.1 Å². The number of sulfonamides is 1. The van der Waals surface area contributed by atoms with Crippen LogP contribution in [0.1, 0.15) is 79.1 Å². The minimum Gasteiger partial charge on any atom is -0.497 e. The van der Waals surface area contributed by atoms with Gasteiger partial charge in [-0.2, -0.15) is 0 Å². The number of benzene rings is 1. The van der Waals surface area contributed by atoms with Gasteiger partial charge in [-0.1, -0.05) is 18.2 Å². The van der Waals surface area contributed by atoms with Crippen LogP contribution in [0.25, 0.3) is 10.8 Å². The normalized spacial score (nSPS) is 27.5. The number of aromatic nitrogens is 1. The molecule has 0 spiro atoms. The number of nitrogens with zero attached hydrogens (tertiary/aromatic N) is 2. The largest absolute Gasteiger partial charge is 0.497 e. The number of hydrogen-bond donors (Lipinski definition) is 3. The number of carbonyl (C=O) groups is 5. The lowest BCUT2D eigenvalue weighted by atomic mass is 10.0. The first-order chi connectivity index (χ1) is 27.0. The summed E-state index contributed by atoms with van der Waals surface area (Å²) in [4.78, 5) is 74.5. The van der Waals surface area contributed by atoms with E-state index in [1.165, 1.54) is 11.0 Å². The predicted molar refractivity (Wildman–Crippen MR) is 207 cm³/mol. The third kappa shape index (κ3) is 10.0. The van der Waals surface area contributed by atoms with Gasteiger partial charge in [-0.05, 0) is 102 Å². The summed E-state index contributed by atoms with van der Waals surface area (Å²) in [5.41, 5.74) is -2.50. The van der Waals surface area contributed by atoms with Gasteiger partial charge in [0.25, 0.3) is 5.91 Å². The van der Waals surface area contributed by atoms with E-state index in [4.69, 9.17) is 18.9 Å². The third-order valence-corrected chi connectivity index (χ3v) is 12.2. The molecular formula is C40H51N5O11S. The number of fused-ring (bicyclic) bond motifs is 3. The number of methoxy groups -OCH3 is 1. The quantitative estimate of drug-likeness (QED) is 0.189. The fourth-order valence-corrected chi connectivity index (χ4v) is 8.62. The van der Waals surface area contributed by atoms with Gasteiger partial charge in [0.1, 0.15) is 41.2 Å². The van der Waals surface area contributed by atoms with Crippen LogP contribution in [-0.2, 0) is 38.7 Å². The SMILES string of the molecule is C/C=C/C(=O)OC1CC/C=C\[C@H]2C[C@@]2(C(=O)NS(=O)(=O)C2CC2)NC(=O)[C@@H]2C[C@@H](Oc3nccc4cc(OC)ccc34)CN2C(=O)[C@@H](NC(=O)OC(C)(C)C)CC1. The van der Waals surface area contributed by atoms with Crippen molar-refractivity contribution >= 4 is 50.6 Å². The molecule has 17 heteroatoms. The zero-order valence-corrected chi connectivity index (χ0v) is 33.6. The molecule has 1 aromatic heterocycles. The van der Waals surface area contributed by atoms with Crippen LogP contribution in [0, 0.1) is 5.92 Å². The van der Waals surface area contributed by atoms with Crippen LogP contribution in [0.15, 0.2) is 54.8 Å². The molecule has 2 aliphatic carbocycles. The second-order valence-electron chi connectivity index (χ2n) is 16.0. The molecule has 308 valence electrons. The van der Waals surface area contributed by atoms with Gasteiger partial charge in [-0.3, -0.25) is 19.1 Å². The van der Waals surface area contributed by atoms with E-state index in [9.17, 15) is 32.4 Å².